The maximum absolute atomic E-state index is 11.1. The SMILES string of the molecule is CC(NCc1ccc(-c2cccc(C(=O)O)c2)o1)c1ccccc1.Cl. The second kappa shape index (κ2) is 8.51. The molecule has 0 amide bonds. The molecule has 3 rings (SSSR count). The summed E-state index contributed by atoms with van der Waals surface area (Å²) in [5.74, 6) is 0.540. The largest absolute Gasteiger partial charge is 0.478 e. The molecule has 1 unspecified atom stereocenters. The van der Waals surface area contributed by atoms with E-state index in [1.165, 1.54) is 5.56 Å². The van der Waals surface area contributed by atoms with Gasteiger partial charge in [-0.25, -0.2) is 4.79 Å². The minimum atomic E-state index is -0.943. The van der Waals surface area contributed by atoms with Crippen molar-refractivity contribution in [3.05, 3.63) is 83.6 Å². The van der Waals surface area contributed by atoms with Gasteiger partial charge in [0.15, 0.2) is 0 Å². The molecule has 2 aromatic carbocycles. The first-order chi connectivity index (χ1) is 11.6. The molecule has 0 aliphatic rings. The van der Waals surface area contributed by atoms with Gasteiger partial charge in [-0.05, 0) is 36.8 Å². The third-order valence-electron chi connectivity index (χ3n) is 3.94. The number of carboxylic acid groups (broad SMARTS) is 1. The van der Waals surface area contributed by atoms with Crippen LogP contribution in [0.4, 0.5) is 0 Å². The van der Waals surface area contributed by atoms with Gasteiger partial charge in [0.05, 0.1) is 12.1 Å². The number of hydrogen-bond acceptors (Lipinski definition) is 3. The van der Waals surface area contributed by atoms with E-state index in [0.29, 0.717) is 12.3 Å². The summed E-state index contributed by atoms with van der Waals surface area (Å²) in [5, 5.41) is 12.5. The first-order valence-corrected chi connectivity index (χ1v) is 7.84. The molecule has 0 bridgehead atoms. The van der Waals surface area contributed by atoms with E-state index in [1.807, 2.05) is 36.4 Å². The third-order valence-corrected chi connectivity index (χ3v) is 3.94. The van der Waals surface area contributed by atoms with Crippen molar-refractivity contribution in [1.29, 1.82) is 0 Å². The van der Waals surface area contributed by atoms with Crippen LogP contribution in [0, 0.1) is 0 Å². The molecule has 0 spiro atoms. The highest BCUT2D eigenvalue weighted by atomic mass is 35.5. The van der Waals surface area contributed by atoms with Gasteiger partial charge in [-0.15, -0.1) is 12.4 Å². The van der Waals surface area contributed by atoms with E-state index >= 15 is 0 Å². The van der Waals surface area contributed by atoms with E-state index in [0.717, 1.165) is 11.3 Å². The number of halogens is 1. The van der Waals surface area contributed by atoms with Gasteiger partial charge in [-0.1, -0.05) is 42.5 Å². The minimum absolute atomic E-state index is 0. The Kier molecular flexibility index (Phi) is 6.39. The normalized spacial score (nSPS) is 11.6. The van der Waals surface area contributed by atoms with Crippen LogP contribution in [-0.4, -0.2) is 11.1 Å². The van der Waals surface area contributed by atoms with E-state index in [-0.39, 0.29) is 24.0 Å². The Morgan fingerprint density at radius 2 is 1.84 bits per heavy atom. The monoisotopic (exact) mass is 357 g/mol. The summed E-state index contributed by atoms with van der Waals surface area (Å²) in [6.07, 6.45) is 0. The molecule has 0 saturated carbocycles. The molecular weight excluding hydrogens is 338 g/mol. The van der Waals surface area contributed by atoms with Crippen molar-refractivity contribution in [2.45, 2.75) is 19.5 Å². The van der Waals surface area contributed by atoms with Gasteiger partial charge in [0, 0.05) is 11.6 Å². The van der Waals surface area contributed by atoms with Gasteiger partial charge < -0.3 is 14.8 Å². The molecule has 1 aromatic heterocycles. The number of furan rings is 1. The van der Waals surface area contributed by atoms with Gasteiger partial charge >= 0.3 is 5.97 Å². The second-order valence-electron chi connectivity index (χ2n) is 5.67. The molecule has 2 N–H and O–H groups in total. The van der Waals surface area contributed by atoms with Crippen molar-refractivity contribution in [2.75, 3.05) is 0 Å². The zero-order valence-electron chi connectivity index (χ0n) is 13.8. The van der Waals surface area contributed by atoms with Crippen LogP contribution in [0.2, 0.25) is 0 Å². The second-order valence-corrected chi connectivity index (χ2v) is 5.67. The maximum Gasteiger partial charge on any atom is 0.335 e. The molecule has 1 heterocycles. The minimum Gasteiger partial charge on any atom is -0.478 e. The van der Waals surface area contributed by atoms with Crippen molar-refractivity contribution in [3.8, 4) is 11.3 Å². The summed E-state index contributed by atoms with van der Waals surface area (Å²) < 4.78 is 5.84. The van der Waals surface area contributed by atoms with Crippen molar-refractivity contribution in [1.82, 2.24) is 5.32 Å². The maximum atomic E-state index is 11.1. The van der Waals surface area contributed by atoms with Crippen LogP contribution in [0.25, 0.3) is 11.3 Å². The lowest BCUT2D eigenvalue weighted by molar-refractivity contribution is 0.0697. The van der Waals surface area contributed by atoms with E-state index in [4.69, 9.17) is 9.52 Å². The summed E-state index contributed by atoms with van der Waals surface area (Å²) in [7, 11) is 0. The third kappa shape index (κ3) is 4.72. The number of benzene rings is 2. The van der Waals surface area contributed by atoms with Crippen molar-refractivity contribution < 1.29 is 14.3 Å². The van der Waals surface area contributed by atoms with Gasteiger partial charge in [-0.3, -0.25) is 0 Å². The quantitative estimate of drug-likeness (QED) is 0.657. The highest BCUT2D eigenvalue weighted by Gasteiger charge is 2.10. The molecule has 25 heavy (non-hydrogen) atoms. The van der Waals surface area contributed by atoms with Gasteiger partial charge in [0.25, 0.3) is 0 Å². The summed E-state index contributed by atoms with van der Waals surface area (Å²) in [6, 6.07) is 21.0. The Morgan fingerprint density at radius 3 is 2.56 bits per heavy atom. The first-order valence-electron chi connectivity index (χ1n) is 7.84. The molecule has 0 saturated heterocycles. The highest BCUT2D eigenvalue weighted by Crippen LogP contribution is 2.23. The number of rotatable bonds is 6. The Bertz CT molecular complexity index is 830. The van der Waals surface area contributed by atoms with Crippen LogP contribution in [0.3, 0.4) is 0 Å². The number of aromatic carboxylic acids is 1. The predicted molar refractivity (Wildman–Crippen MR) is 100 cm³/mol. The molecule has 4 nitrogen and oxygen atoms in total. The molecule has 0 aliphatic carbocycles. The van der Waals surface area contributed by atoms with Crippen LogP contribution < -0.4 is 5.32 Å². The average Bonchev–Trinajstić information content (AvgIpc) is 3.09. The fraction of sp³-hybridized carbons (Fsp3) is 0.150. The van der Waals surface area contributed by atoms with E-state index in [1.54, 1.807) is 18.2 Å². The first kappa shape index (κ1) is 18.8. The van der Waals surface area contributed by atoms with Gasteiger partial charge in [-0.2, -0.15) is 0 Å². The number of nitrogens with one attached hydrogen (secondary N) is 1. The molecule has 0 aliphatic heterocycles. The summed E-state index contributed by atoms with van der Waals surface area (Å²) in [5.41, 5.74) is 2.23. The summed E-state index contributed by atoms with van der Waals surface area (Å²) in [6.45, 7) is 2.71. The average molecular weight is 358 g/mol. The van der Waals surface area contributed by atoms with E-state index in [9.17, 15) is 4.79 Å². The highest BCUT2D eigenvalue weighted by molar-refractivity contribution is 5.89. The fourth-order valence-electron chi connectivity index (χ4n) is 2.55. The molecule has 130 valence electrons. The number of carbonyl (C=O) groups is 1. The van der Waals surface area contributed by atoms with Gasteiger partial charge in [0.2, 0.25) is 0 Å². The van der Waals surface area contributed by atoms with Crippen LogP contribution >= 0.6 is 12.4 Å². The molecular formula is C20H20ClNO3. The van der Waals surface area contributed by atoms with Crippen molar-refractivity contribution in [2.24, 2.45) is 0 Å². The topological polar surface area (TPSA) is 62.5 Å². The lowest BCUT2D eigenvalue weighted by Crippen LogP contribution is -2.17. The fourth-order valence-corrected chi connectivity index (χ4v) is 2.55. The smallest absolute Gasteiger partial charge is 0.335 e. The summed E-state index contributed by atoms with van der Waals surface area (Å²) in [4.78, 5) is 11.1. The summed E-state index contributed by atoms with van der Waals surface area (Å²) >= 11 is 0. The molecule has 3 aromatic rings. The van der Waals surface area contributed by atoms with Crippen molar-refractivity contribution >= 4 is 18.4 Å². The Labute approximate surface area is 152 Å². The van der Waals surface area contributed by atoms with Crippen molar-refractivity contribution in [3.63, 3.8) is 0 Å². The lowest BCUT2D eigenvalue weighted by atomic mass is 10.1. The Hall–Kier alpha value is -2.56. The standard InChI is InChI=1S/C20H19NO3.ClH/c1-14(15-6-3-2-4-7-15)21-13-18-10-11-19(24-18)16-8-5-9-17(12-16)20(22)23;/h2-12,14,21H,13H2,1H3,(H,22,23);1H. The zero-order valence-corrected chi connectivity index (χ0v) is 14.6. The molecule has 0 fully saturated rings. The van der Waals surface area contributed by atoms with Crippen LogP contribution in [0.1, 0.15) is 34.6 Å². The molecule has 0 radical (unpaired) electrons. The lowest BCUT2D eigenvalue weighted by Gasteiger charge is -2.12. The van der Waals surface area contributed by atoms with E-state index in [2.05, 4.69) is 24.4 Å². The van der Waals surface area contributed by atoms with Crippen LogP contribution in [0.5, 0.6) is 0 Å². The van der Waals surface area contributed by atoms with Crippen LogP contribution in [0.15, 0.2) is 71.1 Å². The number of carboxylic acids is 1. The van der Waals surface area contributed by atoms with Crippen LogP contribution in [-0.2, 0) is 6.54 Å². The molecule has 5 heteroatoms. The van der Waals surface area contributed by atoms with E-state index < -0.39 is 5.97 Å². The number of hydrogen-bond donors (Lipinski definition) is 2. The predicted octanol–water partition coefficient (Wildman–Crippen LogP) is 4.92. The van der Waals surface area contributed by atoms with Gasteiger partial charge in [0.1, 0.15) is 11.5 Å². The Balaban J connectivity index is 0.00000225. The zero-order chi connectivity index (χ0) is 16.9. The molecule has 1 atom stereocenters. The Morgan fingerprint density at radius 1 is 1.08 bits per heavy atom.